The number of hydrogen-bond acceptors (Lipinski definition) is 4. The van der Waals surface area contributed by atoms with E-state index in [4.69, 9.17) is 4.74 Å². The molecule has 0 aliphatic carbocycles. The van der Waals surface area contributed by atoms with Crippen LogP contribution < -0.4 is 10.1 Å². The van der Waals surface area contributed by atoms with Gasteiger partial charge in [0.05, 0.1) is 24.3 Å². The molecule has 0 fully saturated rings. The lowest BCUT2D eigenvalue weighted by Gasteiger charge is -2.36. The Labute approximate surface area is 196 Å². The highest BCUT2D eigenvalue weighted by molar-refractivity contribution is 6.02. The first-order valence-electron chi connectivity index (χ1n) is 11.5. The molecular weight excluding hydrogens is 414 g/mol. The Hall–Kier alpha value is -3.28. The summed E-state index contributed by atoms with van der Waals surface area (Å²) in [5.74, 6) is 0.714. The van der Waals surface area contributed by atoms with Gasteiger partial charge in [-0.15, -0.1) is 0 Å². The Morgan fingerprint density at radius 3 is 2.39 bits per heavy atom. The van der Waals surface area contributed by atoms with Crippen LogP contribution in [0.3, 0.4) is 0 Å². The number of carbonyl (C=O) groups is 2. The van der Waals surface area contributed by atoms with Crippen LogP contribution >= 0.6 is 0 Å². The smallest absolute Gasteiger partial charge is 0.254 e. The van der Waals surface area contributed by atoms with Crippen LogP contribution in [0, 0.1) is 5.92 Å². The first-order chi connectivity index (χ1) is 15.8. The molecule has 2 aliphatic heterocycles. The van der Waals surface area contributed by atoms with Crippen LogP contribution in [0.15, 0.2) is 65.9 Å². The van der Waals surface area contributed by atoms with E-state index in [0.717, 1.165) is 11.3 Å². The lowest BCUT2D eigenvalue weighted by Crippen LogP contribution is -2.50. The first-order valence-corrected chi connectivity index (χ1v) is 11.5. The van der Waals surface area contributed by atoms with Gasteiger partial charge >= 0.3 is 0 Å². The zero-order chi connectivity index (χ0) is 23.8. The Balaban J connectivity index is 1.71. The molecule has 2 aromatic carbocycles. The zero-order valence-electron chi connectivity index (χ0n) is 20.1. The van der Waals surface area contributed by atoms with E-state index in [2.05, 4.69) is 33.0 Å². The van der Waals surface area contributed by atoms with Crippen molar-refractivity contribution in [3.63, 3.8) is 0 Å². The SMILES string of the molecule is COc1ccc(C(=O)N2CCNC3=C(C(=O)N(Cc4ccccc4)C3(C)C)C2C(C)C)cc1. The lowest BCUT2D eigenvalue weighted by atomic mass is 9.90. The number of carbonyl (C=O) groups excluding carboxylic acids is 2. The van der Waals surface area contributed by atoms with Gasteiger partial charge in [-0.3, -0.25) is 9.59 Å². The van der Waals surface area contributed by atoms with Crippen LogP contribution in [-0.2, 0) is 11.3 Å². The molecule has 33 heavy (non-hydrogen) atoms. The topological polar surface area (TPSA) is 61.9 Å². The summed E-state index contributed by atoms with van der Waals surface area (Å²) in [5.41, 5.74) is 2.84. The first kappa shape index (κ1) is 22.9. The largest absolute Gasteiger partial charge is 0.497 e. The van der Waals surface area contributed by atoms with Gasteiger partial charge in [-0.2, -0.15) is 0 Å². The maximum absolute atomic E-state index is 13.9. The van der Waals surface area contributed by atoms with Crippen molar-refractivity contribution in [1.29, 1.82) is 0 Å². The van der Waals surface area contributed by atoms with Crippen molar-refractivity contribution in [3.8, 4) is 5.75 Å². The second kappa shape index (κ2) is 8.93. The molecule has 0 bridgehead atoms. The number of ether oxygens (including phenoxy) is 1. The summed E-state index contributed by atoms with van der Waals surface area (Å²) < 4.78 is 5.24. The molecule has 1 atom stereocenters. The van der Waals surface area contributed by atoms with E-state index in [0.29, 0.717) is 36.5 Å². The molecule has 2 heterocycles. The summed E-state index contributed by atoms with van der Waals surface area (Å²) >= 11 is 0. The summed E-state index contributed by atoms with van der Waals surface area (Å²) in [5, 5.41) is 3.52. The molecule has 6 heteroatoms. The predicted octanol–water partition coefficient (Wildman–Crippen LogP) is 3.84. The van der Waals surface area contributed by atoms with Crippen molar-refractivity contribution in [2.24, 2.45) is 5.92 Å². The minimum Gasteiger partial charge on any atom is -0.497 e. The molecule has 0 saturated carbocycles. The summed E-state index contributed by atoms with van der Waals surface area (Å²) in [6, 6.07) is 16.9. The number of nitrogens with one attached hydrogen (secondary N) is 1. The molecule has 1 unspecified atom stereocenters. The minimum absolute atomic E-state index is 0.000478. The van der Waals surface area contributed by atoms with Crippen molar-refractivity contribution in [2.45, 2.75) is 45.8 Å². The number of hydrogen-bond donors (Lipinski definition) is 1. The quantitative estimate of drug-likeness (QED) is 0.757. The van der Waals surface area contributed by atoms with Crippen molar-refractivity contribution in [1.82, 2.24) is 15.1 Å². The molecule has 0 radical (unpaired) electrons. The fourth-order valence-electron chi connectivity index (χ4n) is 5.01. The Morgan fingerprint density at radius 2 is 1.79 bits per heavy atom. The van der Waals surface area contributed by atoms with Crippen molar-refractivity contribution in [2.75, 3.05) is 20.2 Å². The highest BCUT2D eigenvalue weighted by atomic mass is 16.5. The second-order valence-corrected chi connectivity index (χ2v) is 9.57. The van der Waals surface area contributed by atoms with Gasteiger partial charge < -0.3 is 19.9 Å². The van der Waals surface area contributed by atoms with E-state index >= 15 is 0 Å². The lowest BCUT2D eigenvalue weighted by molar-refractivity contribution is -0.130. The molecule has 6 nitrogen and oxygen atoms in total. The minimum atomic E-state index is -0.491. The molecule has 0 saturated heterocycles. The standard InChI is InChI=1S/C27H33N3O3/c1-18(2)23-22-24(27(3,4)30(26(22)32)17-19-9-7-6-8-10-19)28-15-16-29(23)25(31)20-11-13-21(33-5)14-12-20/h6-14,18,23,28H,15-17H2,1-5H3. The van der Waals surface area contributed by atoms with E-state index in [9.17, 15) is 9.59 Å². The summed E-state index contributed by atoms with van der Waals surface area (Å²) in [6.45, 7) is 9.98. The van der Waals surface area contributed by atoms with Gasteiger partial charge in [0.2, 0.25) is 0 Å². The molecule has 1 N–H and O–H groups in total. The van der Waals surface area contributed by atoms with Gasteiger partial charge in [0.1, 0.15) is 5.75 Å². The van der Waals surface area contributed by atoms with Crippen LogP contribution in [0.4, 0.5) is 0 Å². The van der Waals surface area contributed by atoms with Gasteiger partial charge in [0.25, 0.3) is 11.8 Å². The third-order valence-electron chi connectivity index (χ3n) is 6.73. The summed E-state index contributed by atoms with van der Waals surface area (Å²) in [4.78, 5) is 31.3. The van der Waals surface area contributed by atoms with Crippen LogP contribution in [0.2, 0.25) is 0 Å². The number of nitrogens with zero attached hydrogens (tertiary/aromatic N) is 2. The summed E-state index contributed by atoms with van der Waals surface area (Å²) in [6.07, 6.45) is 0. The molecule has 0 spiro atoms. The number of methoxy groups -OCH3 is 1. The van der Waals surface area contributed by atoms with Crippen molar-refractivity contribution < 1.29 is 14.3 Å². The monoisotopic (exact) mass is 447 g/mol. The third kappa shape index (κ3) is 4.10. The Morgan fingerprint density at radius 1 is 1.12 bits per heavy atom. The highest BCUT2D eigenvalue weighted by Gasteiger charge is 2.50. The fourth-order valence-corrected chi connectivity index (χ4v) is 5.01. The fraction of sp³-hybridized carbons (Fsp3) is 0.407. The number of amides is 2. The van der Waals surface area contributed by atoms with E-state index in [1.807, 2.05) is 40.1 Å². The normalized spacial score (nSPS) is 19.9. The molecule has 174 valence electrons. The maximum Gasteiger partial charge on any atom is 0.254 e. The van der Waals surface area contributed by atoms with E-state index in [1.165, 1.54) is 0 Å². The number of rotatable bonds is 5. The highest BCUT2D eigenvalue weighted by Crippen LogP contribution is 2.40. The van der Waals surface area contributed by atoms with Gasteiger partial charge in [-0.1, -0.05) is 44.2 Å². The van der Waals surface area contributed by atoms with Gasteiger partial charge in [0.15, 0.2) is 0 Å². The van der Waals surface area contributed by atoms with E-state index in [1.54, 1.807) is 31.4 Å². The average Bonchev–Trinajstić information content (AvgIpc) is 2.96. The molecular formula is C27H33N3O3. The maximum atomic E-state index is 13.9. The van der Waals surface area contributed by atoms with Gasteiger partial charge in [-0.25, -0.2) is 0 Å². The van der Waals surface area contributed by atoms with Crippen LogP contribution in [0.25, 0.3) is 0 Å². The second-order valence-electron chi connectivity index (χ2n) is 9.57. The third-order valence-corrected chi connectivity index (χ3v) is 6.73. The molecule has 0 aromatic heterocycles. The number of benzene rings is 2. The summed E-state index contributed by atoms with van der Waals surface area (Å²) in [7, 11) is 1.61. The van der Waals surface area contributed by atoms with Crippen molar-refractivity contribution in [3.05, 3.63) is 77.0 Å². The predicted molar refractivity (Wildman–Crippen MR) is 129 cm³/mol. The van der Waals surface area contributed by atoms with Crippen LogP contribution in [0.1, 0.15) is 43.6 Å². The van der Waals surface area contributed by atoms with E-state index < -0.39 is 5.54 Å². The average molecular weight is 448 g/mol. The zero-order valence-corrected chi connectivity index (χ0v) is 20.1. The molecule has 2 aromatic rings. The van der Waals surface area contributed by atoms with Crippen LogP contribution in [0.5, 0.6) is 5.75 Å². The van der Waals surface area contributed by atoms with Crippen LogP contribution in [-0.4, -0.2) is 53.4 Å². The molecule has 4 rings (SSSR count). The Kier molecular flexibility index (Phi) is 6.19. The van der Waals surface area contributed by atoms with E-state index in [-0.39, 0.29) is 23.8 Å². The Bertz CT molecular complexity index is 1060. The molecule has 2 aliphatic rings. The molecule has 2 amide bonds. The van der Waals surface area contributed by atoms with Gasteiger partial charge in [0, 0.05) is 30.9 Å². The van der Waals surface area contributed by atoms with Crippen molar-refractivity contribution >= 4 is 11.8 Å². The van der Waals surface area contributed by atoms with Gasteiger partial charge in [-0.05, 0) is 49.6 Å².